The van der Waals surface area contributed by atoms with Gasteiger partial charge in [-0.1, -0.05) is 62.2 Å². The van der Waals surface area contributed by atoms with Gasteiger partial charge in [0.1, 0.15) is 0 Å². The fraction of sp³-hybridized carbons (Fsp3) is 0. The Morgan fingerprint density at radius 1 is 0.577 bits per heavy atom. The van der Waals surface area contributed by atoms with Crippen molar-refractivity contribution in [2.75, 3.05) is 5.32 Å². The molecule has 1 N–H and O–H groups in total. The lowest BCUT2D eigenvalue weighted by molar-refractivity contribution is 1.44. The van der Waals surface area contributed by atoms with Crippen LogP contribution in [0.4, 0.5) is 11.4 Å². The normalized spacial score (nSPS) is 10.1. The monoisotopic (exact) mass is 747 g/mol. The van der Waals surface area contributed by atoms with Crippen molar-refractivity contribution in [1.29, 1.82) is 0 Å². The molecule has 3 rings (SSSR count). The highest BCUT2D eigenvalue weighted by atomic mass is 79.9. The molecule has 3 aromatic carbocycles. The summed E-state index contributed by atoms with van der Waals surface area (Å²) in [6.07, 6.45) is 0. The Morgan fingerprint density at radius 2 is 0.923 bits per heavy atom. The van der Waals surface area contributed by atoms with Crippen LogP contribution in [-0.2, 0) is 0 Å². The van der Waals surface area contributed by atoms with E-state index in [-0.39, 0.29) is 0 Å². The van der Waals surface area contributed by atoms with Gasteiger partial charge in [-0.05, 0) is 93.3 Å². The largest absolute Gasteiger partial charge is 0.352 e. The van der Waals surface area contributed by atoms with Crippen LogP contribution in [0.25, 0.3) is 0 Å². The van der Waals surface area contributed by atoms with Crippen LogP contribution in [-0.4, -0.2) is 0 Å². The number of rotatable bonds is 2. The van der Waals surface area contributed by atoms with Crippen LogP contribution in [0.1, 0.15) is 0 Å². The quantitative estimate of drug-likeness (QED) is 0.258. The first kappa shape index (κ1) is 23.1. The van der Waals surface area contributed by atoms with E-state index in [0.717, 1.165) is 38.2 Å². The molecule has 0 amide bonds. The molecule has 0 aromatic heterocycles. The standard InChI is InChI=1S/C12H5Br6N.C6H7P/c13-5-1-7(15)11(8(16)2-5)19-12-9(17)3-6(14)4-10(12)18;7-6-4-2-1-3-5-6/h1-4,19H;1-5H,7H2. The molecule has 3 aromatic rings. The summed E-state index contributed by atoms with van der Waals surface area (Å²) < 4.78 is 5.88. The molecular weight excluding hydrogens is 741 g/mol. The Balaban J connectivity index is 0.000000290. The molecule has 0 bridgehead atoms. The first-order valence-electron chi connectivity index (χ1n) is 7.14. The van der Waals surface area contributed by atoms with E-state index in [1.807, 2.05) is 54.6 Å². The van der Waals surface area contributed by atoms with Crippen molar-refractivity contribution in [1.82, 2.24) is 0 Å². The molecule has 0 aliphatic carbocycles. The first-order valence-corrected chi connectivity index (χ1v) is 12.5. The molecule has 0 aliphatic rings. The minimum atomic E-state index is 0.965. The average Bonchev–Trinajstić information content (AvgIpc) is 2.54. The van der Waals surface area contributed by atoms with Crippen LogP contribution in [0.15, 0.2) is 81.4 Å². The predicted molar refractivity (Wildman–Crippen MR) is 138 cm³/mol. The Morgan fingerprint density at radius 3 is 1.19 bits per heavy atom. The zero-order valence-corrected chi connectivity index (χ0v) is 23.7. The van der Waals surface area contributed by atoms with Gasteiger partial charge in [-0.15, -0.1) is 9.24 Å². The van der Waals surface area contributed by atoms with E-state index in [9.17, 15) is 0 Å². The highest BCUT2D eigenvalue weighted by Crippen LogP contribution is 2.41. The van der Waals surface area contributed by atoms with E-state index in [0.29, 0.717) is 0 Å². The van der Waals surface area contributed by atoms with Crippen molar-refractivity contribution in [3.05, 3.63) is 81.4 Å². The lowest BCUT2D eigenvalue weighted by Crippen LogP contribution is -1.95. The SMILES string of the molecule is Brc1cc(Br)c(Nc2c(Br)cc(Br)cc2Br)c(Br)c1.Pc1ccccc1. The number of anilines is 2. The zero-order valence-electron chi connectivity index (χ0n) is 13.0. The second kappa shape index (κ2) is 11.1. The molecule has 0 saturated carbocycles. The molecule has 0 radical (unpaired) electrons. The van der Waals surface area contributed by atoms with Crippen LogP contribution < -0.4 is 10.6 Å². The van der Waals surface area contributed by atoms with Crippen molar-refractivity contribution in [3.63, 3.8) is 0 Å². The van der Waals surface area contributed by atoms with Crippen LogP contribution in [0.2, 0.25) is 0 Å². The molecule has 136 valence electrons. The van der Waals surface area contributed by atoms with Gasteiger partial charge in [-0.2, -0.15) is 0 Å². The molecule has 1 atom stereocenters. The maximum absolute atomic E-state index is 3.56. The van der Waals surface area contributed by atoms with E-state index in [2.05, 4.69) is 110 Å². The van der Waals surface area contributed by atoms with E-state index >= 15 is 0 Å². The third-order valence-corrected chi connectivity index (χ3v) is 6.87. The molecule has 0 heterocycles. The Hall–Kier alpha value is 0.770. The molecule has 0 spiro atoms. The molecule has 0 aliphatic heterocycles. The Labute approximate surface area is 206 Å². The van der Waals surface area contributed by atoms with Gasteiger partial charge >= 0.3 is 0 Å². The topological polar surface area (TPSA) is 12.0 Å². The second-order valence-corrected chi connectivity index (χ2v) is 10.9. The first-order chi connectivity index (χ1) is 12.3. The maximum Gasteiger partial charge on any atom is 0.0674 e. The predicted octanol–water partition coefficient (Wildman–Crippen LogP) is 9.19. The van der Waals surface area contributed by atoms with Crippen LogP contribution in [0, 0.1) is 0 Å². The molecule has 1 nitrogen and oxygen atoms in total. The minimum absolute atomic E-state index is 0.965. The highest BCUT2D eigenvalue weighted by Gasteiger charge is 2.12. The third kappa shape index (κ3) is 6.98. The molecule has 26 heavy (non-hydrogen) atoms. The number of benzene rings is 3. The molecule has 1 unspecified atom stereocenters. The van der Waals surface area contributed by atoms with Crippen molar-refractivity contribution >= 4 is 121 Å². The summed E-state index contributed by atoms with van der Waals surface area (Å²) >= 11 is 21.1. The summed E-state index contributed by atoms with van der Waals surface area (Å²) in [5.74, 6) is 0. The van der Waals surface area contributed by atoms with E-state index in [1.165, 1.54) is 5.30 Å². The van der Waals surface area contributed by atoms with Gasteiger partial charge in [0.2, 0.25) is 0 Å². The number of hydrogen-bond donors (Lipinski definition) is 1. The molecule has 0 saturated heterocycles. The number of hydrogen-bond acceptors (Lipinski definition) is 1. The van der Waals surface area contributed by atoms with Crippen molar-refractivity contribution < 1.29 is 0 Å². The van der Waals surface area contributed by atoms with Gasteiger partial charge in [-0.3, -0.25) is 0 Å². The van der Waals surface area contributed by atoms with Gasteiger partial charge in [0.05, 0.1) is 11.4 Å². The number of halogens is 6. The lowest BCUT2D eigenvalue weighted by Gasteiger charge is -2.15. The summed E-state index contributed by atoms with van der Waals surface area (Å²) in [6, 6.07) is 18.1. The van der Waals surface area contributed by atoms with Gasteiger partial charge in [0.15, 0.2) is 0 Å². The van der Waals surface area contributed by atoms with E-state index < -0.39 is 0 Å². The summed E-state index contributed by atoms with van der Waals surface area (Å²) in [5.41, 5.74) is 1.93. The zero-order chi connectivity index (χ0) is 19.3. The average molecular weight is 753 g/mol. The Kier molecular flexibility index (Phi) is 9.83. The fourth-order valence-corrected chi connectivity index (χ4v) is 7.04. The molecule has 8 heteroatoms. The second-order valence-electron chi connectivity index (χ2n) is 5.02. The van der Waals surface area contributed by atoms with Crippen LogP contribution >= 0.6 is 105 Å². The van der Waals surface area contributed by atoms with Gasteiger partial charge in [-0.25, -0.2) is 0 Å². The Bertz CT molecular complexity index is 800. The summed E-state index contributed by atoms with van der Waals surface area (Å²) in [5, 5.41) is 4.64. The number of nitrogens with one attached hydrogen (secondary N) is 1. The fourth-order valence-electron chi connectivity index (χ4n) is 1.90. The third-order valence-electron chi connectivity index (χ3n) is 3.06. The maximum atomic E-state index is 3.56. The lowest BCUT2D eigenvalue weighted by atomic mass is 10.2. The summed E-state index contributed by atoms with van der Waals surface area (Å²) in [4.78, 5) is 0. The summed E-state index contributed by atoms with van der Waals surface area (Å²) in [7, 11) is 2.63. The summed E-state index contributed by atoms with van der Waals surface area (Å²) in [6.45, 7) is 0. The van der Waals surface area contributed by atoms with Crippen molar-refractivity contribution in [2.24, 2.45) is 0 Å². The highest BCUT2D eigenvalue weighted by molar-refractivity contribution is 9.12. The van der Waals surface area contributed by atoms with Gasteiger partial charge in [0.25, 0.3) is 0 Å². The minimum Gasteiger partial charge on any atom is -0.352 e. The van der Waals surface area contributed by atoms with Crippen LogP contribution in [0.3, 0.4) is 0 Å². The van der Waals surface area contributed by atoms with E-state index in [4.69, 9.17) is 0 Å². The van der Waals surface area contributed by atoms with Crippen molar-refractivity contribution in [2.45, 2.75) is 0 Å². The van der Waals surface area contributed by atoms with E-state index in [1.54, 1.807) is 0 Å². The van der Waals surface area contributed by atoms with Crippen molar-refractivity contribution in [3.8, 4) is 0 Å². The van der Waals surface area contributed by atoms with Gasteiger partial charge < -0.3 is 5.32 Å². The smallest absolute Gasteiger partial charge is 0.0674 e. The van der Waals surface area contributed by atoms with Gasteiger partial charge in [0, 0.05) is 26.8 Å². The molecular formula is C18H12Br6NP. The van der Waals surface area contributed by atoms with Crippen LogP contribution in [0.5, 0.6) is 0 Å². The molecule has 0 fully saturated rings.